The van der Waals surface area contributed by atoms with Gasteiger partial charge < -0.3 is 19.1 Å². The summed E-state index contributed by atoms with van der Waals surface area (Å²) in [6.45, 7) is 6.15. The molecule has 1 saturated heterocycles. The molecule has 0 unspecified atom stereocenters. The summed E-state index contributed by atoms with van der Waals surface area (Å²) in [5.74, 6) is 0.251. The molecule has 0 atom stereocenters. The van der Waals surface area contributed by atoms with Gasteiger partial charge in [0.25, 0.3) is 11.8 Å². The maximum Gasteiger partial charge on any atom is 0.282 e. The van der Waals surface area contributed by atoms with Crippen LogP contribution in [0.2, 0.25) is 0 Å². The Morgan fingerprint density at radius 3 is 2.26 bits per heavy atom. The lowest BCUT2D eigenvalue weighted by atomic mass is 9.99. The van der Waals surface area contributed by atoms with Crippen LogP contribution in [0, 0.1) is 13.8 Å². The summed E-state index contributed by atoms with van der Waals surface area (Å²) in [5, 5.41) is 0. The fourth-order valence-electron chi connectivity index (χ4n) is 3.94. The number of nitrogens with zero attached hydrogens (tertiary/aromatic N) is 2. The molecule has 2 aliphatic rings. The molecule has 0 bridgehead atoms. The Morgan fingerprint density at radius 2 is 1.61 bits per heavy atom. The number of hydrogen-bond acceptors (Lipinski definition) is 6. The van der Waals surface area contributed by atoms with E-state index in [-0.39, 0.29) is 11.8 Å². The molecule has 0 aliphatic carbocycles. The van der Waals surface area contributed by atoms with Crippen molar-refractivity contribution >= 4 is 23.1 Å². The first-order chi connectivity index (χ1) is 15.0. The van der Waals surface area contributed by atoms with Crippen molar-refractivity contribution in [2.75, 3.05) is 45.4 Å². The molecule has 7 nitrogen and oxygen atoms in total. The average Bonchev–Trinajstić information content (AvgIpc) is 3.05. The lowest BCUT2D eigenvalue weighted by molar-refractivity contribution is -0.121. The Morgan fingerprint density at radius 1 is 0.871 bits per heavy atom. The van der Waals surface area contributed by atoms with Crippen LogP contribution >= 0.6 is 0 Å². The highest BCUT2D eigenvalue weighted by Crippen LogP contribution is 2.40. The molecule has 2 aliphatic heterocycles. The smallest absolute Gasteiger partial charge is 0.282 e. The fraction of sp³-hybridized carbons (Fsp3) is 0.333. The largest absolute Gasteiger partial charge is 0.497 e. The molecule has 0 radical (unpaired) electrons. The quantitative estimate of drug-likeness (QED) is 0.691. The van der Waals surface area contributed by atoms with Crippen LogP contribution in [0.25, 0.3) is 5.57 Å². The summed E-state index contributed by atoms with van der Waals surface area (Å²) in [5.41, 5.74) is 4.14. The van der Waals surface area contributed by atoms with Crippen molar-refractivity contribution in [1.82, 2.24) is 4.90 Å². The highest BCUT2D eigenvalue weighted by Gasteiger charge is 2.43. The van der Waals surface area contributed by atoms with E-state index in [4.69, 9.17) is 14.2 Å². The van der Waals surface area contributed by atoms with Gasteiger partial charge in [-0.1, -0.05) is 18.2 Å². The molecule has 2 aromatic rings. The van der Waals surface area contributed by atoms with Gasteiger partial charge in [-0.2, -0.15) is 0 Å². The van der Waals surface area contributed by atoms with Gasteiger partial charge in [0.2, 0.25) is 0 Å². The van der Waals surface area contributed by atoms with Gasteiger partial charge in [-0.05, 0) is 42.7 Å². The van der Waals surface area contributed by atoms with Gasteiger partial charge in [-0.25, -0.2) is 4.90 Å². The normalized spacial score (nSPS) is 16.9. The first kappa shape index (κ1) is 20.9. The topological polar surface area (TPSA) is 68.3 Å². The zero-order chi connectivity index (χ0) is 22.1. The number of benzene rings is 2. The number of amides is 2. The van der Waals surface area contributed by atoms with Crippen LogP contribution in [-0.4, -0.2) is 57.2 Å². The van der Waals surface area contributed by atoms with Gasteiger partial charge in [0.15, 0.2) is 0 Å². The van der Waals surface area contributed by atoms with Crippen LogP contribution in [-0.2, 0) is 14.3 Å². The molecule has 2 heterocycles. The van der Waals surface area contributed by atoms with Crippen molar-refractivity contribution in [3.05, 3.63) is 58.8 Å². The molecule has 2 amide bonds. The zero-order valence-electron chi connectivity index (χ0n) is 18.2. The van der Waals surface area contributed by atoms with Crippen LogP contribution in [0.15, 0.2) is 42.1 Å². The number of carbonyl (C=O) groups is 2. The molecule has 4 rings (SSSR count). The van der Waals surface area contributed by atoms with Crippen LogP contribution in [0.1, 0.15) is 16.7 Å². The molecule has 0 N–H and O–H groups in total. The highest BCUT2D eigenvalue weighted by atomic mass is 16.5. The van der Waals surface area contributed by atoms with Crippen molar-refractivity contribution in [3.63, 3.8) is 0 Å². The van der Waals surface area contributed by atoms with E-state index in [1.807, 2.05) is 36.9 Å². The van der Waals surface area contributed by atoms with E-state index in [0.717, 1.165) is 16.7 Å². The van der Waals surface area contributed by atoms with Gasteiger partial charge in [0.1, 0.15) is 17.2 Å². The summed E-state index contributed by atoms with van der Waals surface area (Å²) in [6, 6.07) is 10.9. The number of aryl methyl sites for hydroxylation is 2. The van der Waals surface area contributed by atoms with Crippen molar-refractivity contribution in [3.8, 4) is 11.5 Å². The van der Waals surface area contributed by atoms with Crippen molar-refractivity contribution in [1.29, 1.82) is 0 Å². The average molecular weight is 422 g/mol. The number of morpholine rings is 1. The molecule has 2 aromatic carbocycles. The van der Waals surface area contributed by atoms with Crippen molar-refractivity contribution in [2.45, 2.75) is 13.8 Å². The molecule has 0 saturated carbocycles. The number of anilines is 1. The minimum atomic E-state index is -0.363. The molecule has 31 heavy (non-hydrogen) atoms. The Balaban J connectivity index is 1.85. The minimum absolute atomic E-state index is 0.358. The molecule has 162 valence electrons. The number of hydrogen-bond donors (Lipinski definition) is 0. The van der Waals surface area contributed by atoms with E-state index >= 15 is 0 Å². The van der Waals surface area contributed by atoms with E-state index in [0.29, 0.717) is 54.8 Å². The Hall–Kier alpha value is -3.32. The van der Waals surface area contributed by atoms with Gasteiger partial charge in [-0.15, -0.1) is 0 Å². The Kier molecular flexibility index (Phi) is 5.69. The maximum absolute atomic E-state index is 13.7. The SMILES string of the molecule is COc1ccc(N2C(=O)C(c3ccc(C)c(C)c3)=C(N3CCOCC3)C2=O)c(OC)c1. The number of rotatable bonds is 5. The second kappa shape index (κ2) is 8.43. The number of methoxy groups -OCH3 is 2. The summed E-state index contributed by atoms with van der Waals surface area (Å²) in [4.78, 5) is 30.5. The lowest BCUT2D eigenvalue weighted by Gasteiger charge is -2.29. The van der Waals surface area contributed by atoms with Gasteiger partial charge in [0, 0.05) is 19.2 Å². The maximum atomic E-state index is 13.7. The van der Waals surface area contributed by atoms with Crippen molar-refractivity contribution < 1.29 is 23.8 Å². The van der Waals surface area contributed by atoms with E-state index < -0.39 is 0 Å². The highest BCUT2D eigenvalue weighted by molar-refractivity contribution is 6.45. The van der Waals surface area contributed by atoms with E-state index in [1.165, 1.54) is 12.0 Å². The van der Waals surface area contributed by atoms with E-state index in [1.54, 1.807) is 25.3 Å². The van der Waals surface area contributed by atoms with Crippen LogP contribution in [0.4, 0.5) is 5.69 Å². The number of ether oxygens (including phenoxy) is 3. The van der Waals surface area contributed by atoms with E-state index in [2.05, 4.69) is 0 Å². The first-order valence-electron chi connectivity index (χ1n) is 10.2. The van der Waals surface area contributed by atoms with Gasteiger partial charge >= 0.3 is 0 Å². The van der Waals surface area contributed by atoms with Gasteiger partial charge in [-0.3, -0.25) is 9.59 Å². The third-order valence-corrected chi connectivity index (χ3v) is 5.81. The van der Waals surface area contributed by atoms with Crippen LogP contribution in [0.5, 0.6) is 11.5 Å². The van der Waals surface area contributed by atoms with Gasteiger partial charge in [0.05, 0.1) is 38.7 Å². The molecule has 0 spiro atoms. The van der Waals surface area contributed by atoms with E-state index in [9.17, 15) is 9.59 Å². The number of imide groups is 1. The summed E-state index contributed by atoms with van der Waals surface area (Å²) in [6.07, 6.45) is 0. The van der Waals surface area contributed by atoms with Crippen LogP contribution < -0.4 is 14.4 Å². The summed E-state index contributed by atoms with van der Waals surface area (Å²) >= 11 is 0. The standard InChI is InChI=1S/C24H26N2O5/c1-15-5-6-17(13-16(15)2)21-22(25-9-11-31-12-10-25)24(28)26(23(21)27)19-8-7-18(29-3)14-20(19)30-4/h5-8,13-14H,9-12H2,1-4H3. The molecule has 1 fully saturated rings. The second-order valence-electron chi connectivity index (χ2n) is 7.61. The monoisotopic (exact) mass is 422 g/mol. The lowest BCUT2D eigenvalue weighted by Crippen LogP contribution is -2.40. The summed E-state index contributed by atoms with van der Waals surface area (Å²) in [7, 11) is 3.06. The minimum Gasteiger partial charge on any atom is -0.497 e. The van der Waals surface area contributed by atoms with Crippen LogP contribution in [0.3, 0.4) is 0 Å². The summed E-state index contributed by atoms with van der Waals surface area (Å²) < 4.78 is 16.2. The van der Waals surface area contributed by atoms with Crippen molar-refractivity contribution in [2.24, 2.45) is 0 Å². The number of carbonyl (C=O) groups excluding carboxylic acids is 2. The molecular formula is C24H26N2O5. The molecular weight excluding hydrogens is 396 g/mol. The first-order valence-corrected chi connectivity index (χ1v) is 10.2. The molecule has 0 aromatic heterocycles. The Labute approximate surface area is 181 Å². The predicted molar refractivity (Wildman–Crippen MR) is 117 cm³/mol. The third-order valence-electron chi connectivity index (χ3n) is 5.81. The zero-order valence-corrected chi connectivity index (χ0v) is 18.2. The fourth-order valence-corrected chi connectivity index (χ4v) is 3.94. The molecule has 7 heteroatoms. The Bertz CT molecular complexity index is 1070. The second-order valence-corrected chi connectivity index (χ2v) is 7.61. The predicted octanol–water partition coefficient (Wildman–Crippen LogP) is 2.94. The third kappa shape index (κ3) is 3.65.